The zero-order valence-electron chi connectivity index (χ0n) is 11.5. The summed E-state index contributed by atoms with van der Waals surface area (Å²) in [7, 11) is 0. The maximum Gasteiger partial charge on any atom is 0.339 e. The van der Waals surface area contributed by atoms with Crippen LogP contribution in [-0.2, 0) is 4.74 Å². The lowest BCUT2D eigenvalue weighted by Gasteiger charge is -1.99. The van der Waals surface area contributed by atoms with Crippen LogP contribution in [0.4, 0.5) is 0 Å². The zero-order chi connectivity index (χ0) is 16.5. The Hall–Kier alpha value is -1.30. The van der Waals surface area contributed by atoms with Crippen molar-refractivity contribution in [2.45, 2.75) is 6.92 Å². The molecule has 0 aliphatic carbocycles. The van der Waals surface area contributed by atoms with Gasteiger partial charge >= 0.3 is 11.9 Å². The smallest absolute Gasteiger partial charge is 0.339 e. The van der Waals surface area contributed by atoms with Gasteiger partial charge in [-0.25, -0.2) is 19.6 Å². The zero-order valence-corrected chi connectivity index (χ0v) is 15.8. The van der Waals surface area contributed by atoms with Crippen LogP contribution in [0.1, 0.15) is 27.6 Å². The summed E-state index contributed by atoms with van der Waals surface area (Å²) in [5, 5.41) is 8.43. The van der Waals surface area contributed by atoms with E-state index < -0.39 is 5.97 Å². The van der Waals surface area contributed by atoms with Crippen LogP contribution in [0.25, 0.3) is 0 Å². The van der Waals surface area contributed by atoms with Crippen molar-refractivity contribution in [1.82, 2.24) is 9.97 Å². The van der Waals surface area contributed by atoms with Gasteiger partial charge in [0.1, 0.15) is 7.40 Å². The molecule has 2 heterocycles. The van der Waals surface area contributed by atoms with Gasteiger partial charge in [0.05, 0.1) is 17.7 Å². The van der Waals surface area contributed by atoms with Crippen molar-refractivity contribution in [3.63, 3.8) is 0 Å². The van der Waals surface area contributed by atoms with Crippen molar-refractivity contribution < 1.29 is 19.4 Å². The molecule has 0 aromatic carbocycles. The van der Waals surface area contributed by atoms with Crippen LogP contribution in [0.3, 0.4) is 0 Å². The number of aromatic nitrogens is 2. The molecule has 0 saturated heterocycles. The Balaban J connectivity index is 0.000000224. The minimum absolute atomic E-state index is 0.223. The molecular formula is C14H12I2N2O4. The van der Waals surface area contributed by atoms with Gasteiger partial charge in [0.2, 0.25) is 0 Å². The van der Waals surface area contributed by atoms with Crippen molar-refractivity contribution >= 4 is 57.1 Å². The van der Waals surface area contributed by atoms with Gasteiger partial charge in [0, 0.05) is 12.4 Å². The number of nitrogens with zero attached hydrogens (tertiary/aromatic N) is 2. The third-order valence-electron chi connectivity index (χ3n) is 2.21. The van der Waals surface area contributed by atoms with E-state index in [0.29, 0.717) is 12.2 Å². The van der Waals surface area contributed by atoms with Gasteiger partial charge in [-0.05, 0) is 76.4 Å². The summed E-state index contributed by atoms with van der Waals surface area (Å²) in [6.07, 6.45) is 2.85. The van der Waals surface area contributed by atoms with E-state index in [-0.39, 0.29) is 11.5 Å². The summed E-state index contributed by atoms with van der Waals surface area (Å²) >= 11 is 4.09. The van der Waals surface area contributed by atoms with Gasteiger partial charge in [0.15, 0.2) is 0 Å². The van der Waals surface area contributed by atoms with Gasteiger partial charge in [-0.1, -0.05) is 0 Å². The Morgan fingerprint density at radius 1 is 1.05 bits per heavy atom. The van der Waals surface area contributed by atoms with Crippen LogP contribution in [-0.4, -0.2) is 33.6 Å². The topological polar surface area (TPSA) is 89.4 Å². The molecule has 6 nitrogen and oxygen atoms in total. The van der Waals surface area contributed by atoms with Gasteiger partial charge in [0.25, 0.3) is 0 Å². The van der Waals surface area contributed by atoms with Crippen LogP contribution < -0.4 is 0 Å². The highest BCUT2D eigenvalue weighted by Crippen LogP contribution is 2.04. The molecule has 0 saturated carbocycles. The van der Waals surface area contributed by atoms with Crippen LogP contribution in [0.5, 0.6) is 0 Å². The molecule has 22 heavy (non-hydrogen) atoms. The van der Waals surface area contributed by atoms with E-state index in [1.54, 1.807) is 25.1 Å². The first kappa shape index (κ1) is 18.7. The molecule has 0 fully saturated rings. The van der Waals surface area contributed by atoms with E-state index in [1.165, 1.54) is 18.5 Å². The second-order valence-electron chi connectivity index (χ2n) is 3.76. The summed E-state index contributed by atoms with van der Waals surface area (Å²) in [4.78, 5) is 29.1. The number of hydrogen-bond acceptors (Lipinski definition) is 5. The number of esters is 1. The van der Waals surface area contributed by atoms with Crippen LogP contribution in [0.2, 0.25) is 0 Å². The number of aromatic carboxylic acids is 1. The van der Waals surface area contributed by atoms with Crippen LogP contribution in [0, 0.1) is 7.40 Å². The lowest BCUT2D eigenvalue weighted by Crippen LogP contribution is -2.04. The first-order chi connectivity index (χ1) is 10.4. The molecule has 0 amide bonds. The first-order valence-corrected chi connectivity index (χ1v) is 8.23. The fourth-order valence-corrected chi connectivity index (χ4v) is 1.85. The number of carboxylic acids is 1. The average Bonchev–Trinajstić information content (AvgIpc) is 2.49. The lowest BCUT2D eigenvalue weighted by molar-refractivity contribution is 0.0525. The third-order valence-corrected chi connectivity index (χ3v) is 3.49. The Morgan fingerprint density at radius 3 is 1.91 bits per heavy atom. The van der Waals surface area contributed by atoms with Crippen molar-refractivity contribution in [3.8, 4) is 0 Å². The number of ether oxygens (including phenoxy) is 1. The van der Waals surface area contributed by atoms with E-state index in [2.05, 4.69) is 32.6 Å². The van der Waals surface area contributed by atoms with E-state index in [1.807, 2.05) is 22.6 Å². The molecule has 0 bridgehead atoms. The summed E-state index contributed by atoms with van der Waals surface area (Å²) in [5.41, 5.74) is 0.720. The maximum atomic E-state index is 11.1. The number of carboxylic acid groups (broad SMARTS) is 1. The largest absolute Gasteiger partial charge is 0.478 e. The quantitative estimate of drug-likeness (QED) is 0.376. The van der Waals surface area contributed by atoms with Crippen molar-refractivity contribution in [2.75, 3.05) is 6.61 Å². The molecule has 0 spiro atoms. The molecule has 2 aromatic heterocycles. The maximum absolute atomic E-state index is 11.1. The molecule has 2 aromatic rings. The summed E-state index contributed by atoms with van der Waals surface area (Å²) < 4.78 is 6.44. The SMILES string of the molecule is CCOC(=O)c1ccc(I)nc1.O=C(O)c1ccc(I)nc1. The fraction of sp³-hybridized carbons (Fsp3) is 0.143. The minimum atomic E-state index is -0.941. The standard InChI is InChI=1S/C8H8INO2.C6H4INO2/c1-2-12-8(11)6-3-4-7(9)10-5-6;7-5-2-1-4(3-8-5)6(9)10/h3-5H,2H2,1H3;1-3H,(H,9,10). The highest BCUT2D eigenvalue weighted by atomic mass is 127. The number of hydrogen-bond donors (Lipinski definition) is 1. The fourth-order valence-electron chi connectivity index (χ4n) is 1.21. The van der Waals surface area contributed by atoms with Crippen molar-refractivity contribution in [2.24, 2.45) is 0 Å². The molecular weight excluding hydrogens is 514 g/mol. The Kier molecular flexibility index (Phi) is 8.24. The number of rotatable bonds is 3. The highest BCUT2D eigenvalue weighted by molar-refractivity contribution is 14.1. The molecule has 0 aliphatic heterocycles. The Bertz CT molecular complexity index is 630. The second kappa shape index (κ2) is 9.66. The number of carbonyl (C=O) groups is 2. The monoisotopic (exact) mass is 526 g/mol. The normalized spacial score (nSPS) is 9.41. The predicted molar refractivity (Wildman–Crippen MR) is 96.8 cm³/mol. The molecule has 8 heteroatoms. The van der Waals surface area contributed by atoms with Crippen LogP contribution in [0.15, 0.2) is 36.7 Å². The molecule has 1 N–H and O–H groups in total. The molecule has 0 aliphatic rings. The van der Waals surface area contributed by atoms with Gasteiger partial charge in [-0.15, -0.1) is 0 Å². The summed E-state index contributed by atoms with van der Waals surface area (Å²) in [6, 6.07) is 6.65. The Labute approximate surface area is 154 Å². The molecule has 0 atom stereocenters. The minimum Gasteiger partial charge on any atom is -0.478 e. The molecule has 116 valence electrons. The first-order valence-electron chi connectivity index (χ1n) is 6.07. The lowest BCUT2D eigenvalue weighted by atomic mass is 10.3. The van der Waals surface area contributed by atoms with E-state index in [4.69, 9.17) is 9.84 Å². The summed E-state index contributed by atoms with van der Waals surface area (Å²) in [5.74, 6) is -1.26. The van der Waals surface area contributed by atoms with Gasteiger partial charge in [-0.3, -0.25) is 0 Å². The molecule has 0 unspecified atom stereocenters. The van der Waals surface area contributed by atoms with Gasteiger partial charge in [-0.2, -0.15) is 0 Å². The average molecular weight is 526 g/mol. The second-order valence-corrected chi connectivity index (χ2v) is 5.98. The number of halogens is 2. The van der Waals surface area contributed by atoms with Crippen LogP contribution >= 0.6 is 45.2 Å². The third kappa shape index (κ3) is 6.64. The van der Waals surface area contributed by atoms with E-state index in [0.717, 1.165) is 7.40 Å². The predicted octanol–water partition coefficient (Wildman–Crippen LogP) is 3.25. The van der Waals surface area contributed by atoms with Gasteiger partial charge < -0.3 is 9.84 Å². The van der Waals surface area contributed by atoms with Crippen molar-refractivity contribution in [3.05, 3.63) is 55.2 Å². The van der Waals surface area contributed by atoms with E-state index >= 15 is 0 Å². The highest BCUT2D eigenvalue weighted by Gasteiger charge is 2.05. The number of carbonyl (C=O) groups excluding carboxylic acids is 1. The molecule has 0 radical (unpaired) electrons. The number of pyridine rings is 2. The molecule has 2 rings (SSSR count). The summed E-state index contributed by atoms with van der Waals surface area (Å²) in [6.45, 7) is 2.17. The Morgan fingerprint density at radius 2 is 1.55 bits per heavy atom. The van der Waals surface area contributed by atoms with Crippen molar-refractivity contribution in [1.29, 1.82) is 0 Å². The van der Waals surface area contributed by atoms with E-state index in [9.17, 15) is 9.59 Å².